The molecule has 83 heavy (non-hydrogen) atoms. The molecule has 1 heterocycles. The number of carbonyl (C=O) groups is 4. The molecule has 488 valence electrons. The van der Waals surface area contributed by atoms with Crippen LogP contribution in [0.5, 0.6) is 0 Å². The van der Waals surface area contributed by atoms with Gasteiger partial charge < -0.3 is 39.0 Å². The summed E-state index contributed by atoms with van der Waals surface area (Å²) in [5, 5.41) is 31.7. The summed E-state index contributed by atoms with van der Waals surface area (Å²) in [5.41, 5.74) is 0. The van der Waals surface area contributed by atoms with Gasteiger partial charge in [-0.15, -0.1) is 0 Å². The first-order valence-corrected chi connectivity index (χ1v) is 35.7. The molecule has 1 aliphatic heterocycles. The highest BCUT2D eigenvalue weighted by Crippen LogP contribution is 2.27. The van der Waals surface area contributed by atoms with Crippen LogP contribution >= 0.6 is 0 Å². The predicted molar refractivity (Wildman–Crippen MR) is 340 cm³/mol. The van der Waals surface area contributed by atoms with Crippen molar-refractivity contribution in [2.24, 2.45) is 0 Å². The molecule has 0 spiro atoms. The fourth-order valence-electron chi connectivity index (χ4n) is 11.4. The lowest BCUT2D eigenvalue weighted by Gasteiger charge is -2.40. The molecule has 0 amide bonds. The van der Waals surface area contributed by atoms with E-state index in [0.29, 0.717) is 19.3 Å². The van der Waals surface area contributed by atoms with Gasteiger partial charge in [0.05, 0.1) is 6.61 Å². The molecule has 12 heteroatoms. The van der Waals surface area contributed by atoms with Crippen LogP contribution in [-0.4, -0.2) is 89.2 Å². The van der Waals surface area contributed by atoms with Crippen LogP contribution in [0.2, 0.25) is 0 Å². The molecular weight excluding hydrogens is 1040 g/mol. The zero-order chi connectivity index (χ0) is 60.3. The van der Waals surface area contributed by atoms with E-state index in [4.69, 9.17) is 23.7 Å². The van der Waals surface area contributed by atoms with Gasteiger partial charge in [0.15, 0.2) is 24.6 Å². The van der Waals surface area contributed by atoms with Crippen molar-refractivity contribution in [1.82, 2.24) is 0 Å². The number of aliphatic hydroxyl groups is 2. The third-order valence-electron chi connectivity index (χ3n) is 16.8. The van der Waals surface area contributed by atoms with Gasteiger partial charge in [-0.25, -0.2) is 4.79 Å². The Morgan fingerprint density at radius 3 is 1.02 bits per heavy atom. The maximum atomic E-state index is 13.2. The number of ether oxygens (including phenoxy) is 5. The molecule has 1 rings (SSSR count). The normalized spacial score (nSPS) is 17.5. The number of unbranched alkanes of at least 4 members (excludes halogenated alkanes) is 47. The maximum Gasteiger partial charge on any atom is 0.335 e. The minimum atomic E-state index is -1.90. The van der Waals surface area contributed by atoms with Gasteiger partial charge in [-0.3, -0.25) is 14.4 Å². The molecule has 1 saturated heterocycles. The zero-order valence-electron chi connectivity index (χ0n) is 54.2. The van der Waals surface area contributed by atoms with Crippen LogP contribution < -0.4 is 0 Å². The molecule has 1 fully saturated rings. The molecule has 0 aliphatic carbocycles. The van der Waals surface area contributed by atoms with Crippen molar-refractivity contribution < 1.29 is 58.2 Å². The van der Waals surface area contributed by atoms with Crippen molar-refractivity contribution in [2.45, 2.75) is 404 Å². The number of allylic oxidation sites excluding steroid dienone is 2. The Balaban J connectivity index is 2.60. The summed E-state index contributed by atoms with van der Waals surface area (Å²) in [6.07, 6.45) is 57.4. The van der Waals surface area contributed by atoms with Crippen LogP contribution in [0.15, 0.2) is 12.2 Å². The molecule has 0 aromatic heterocycles. The Kier molecular flexibility index (Phi) is 56.5. The summed E-state index contributed by atoms with van der Waals surface area (Å²) in [7, 11) is 0. The van der Waals surface area contributed by atoms with Crippen molar-refractivity contribution in [2.75, 3.05) is 13.2 Å². The van der Waals surface area contributed by atoms with Crippen LogP contribution in [0.4, 0.5) is 0 Å². The Morgan fingerprint density at radius 1 is 0.386 bits per heavy atom. The summed E-state index contributed by atoms with van der Waals surface area (Å²) < 4.78 is 28.7. The highest BCUT2D eigenvalue weighted by atomic mass is 16.7. The molecule has 0 bridgehead atoms. The van der Waals surface area contributed by atoms with Crippen molar-refractivity contribution >= 4 is 23.9 Å². The summed E-state index contributed by atoms with van der Waals surface area (Å²) in [6.45, 7) is 6.08. The third-order valence-corrected chi connectivity index (χ3v) is 16.8. The summed E-state index contributed by atoms with van der Waals surface area (Å²) in [5.74, 6) is -3.07. The predicted octanol–water partition coefficient (Wildman–Crippen LogP) is 19.6. The molecular formula is C71H132O12. The van der Waals surface area contributed by atoms with E-state index < -0.39 is 67.3 Å². The molecule has 0 aromatic carbocycles. The topological polar surface area (TPSA) is 175 Å². The fraction of sp³-hybridized carbons (Fsp3) is 0.915. The molecule has 1 aliphatic rings. The molecule has 3 N–H and O–H groups in total. The van der Waals surface area contributed by atoms with E-state index in [9.17, 15) is 34.5 Å². The van der Waals surface area contributed by atoms with Gasteiger partial charge in [0.25, 0.3) is 0 Å². The van der Waals surface area contributed by atoms with Crippen LogP contribution in [0.1, 0.15) is 367 Å². The number of carboxylic acids is 1. The number of hydrogen-bond acceptors (Lipinski definition) is 11. The van der Waals surface area contributed by atoms with Gasteiger partial charge in [-0.1, -0.05) is 315 Å². The van der Waals surface area contributed by atoms with E-state index in [2.05, 4.69) is 32.9 Å². The van der Waals surface area contributed by atoms with Crippen molar-refractivity contribution in [3.8, 4) is 0 Å². The standard InChI is InChI=1S/C71H132O12/c1-4-7-10-13-16-19-22-25-28-31-32-35-36-39-42-45-48-51-54-57-63(72)79-60-62(81-64(73)58-55-52-49-46-43-40-37-33-29-26-23-20-17-14-11-8-5-2)61-80-71-69(67(76)66(75)68(83-71)70(77)78)82-65(74)59-56-53-50-47-44-41-38-34-30-27-24-21-18-15-12-9-6-3/h26,29,62,66-69,71,75-76H,4-25,27-28,30-61H2,1-3H3,(H,77,78)/b29-26-. The lowest BCUT2D eigenvalue weighted by Crippen LogP contribution is -2.61. The molecule has 6 unspecified atom stereocenters. The average molecular weight is 1180 g/mol. The van der Waals surface area contributed by atoms with Crippen LogP contribution in [-0.2, 0) is 42.9 Å². The summed E-state index contributed by atoms with van der Waals surface area (Å²) >= 11 is 0. The Bertz CT molecular complexity index is 1490. The highest BCUT2D eigenvalue weighted by Gasteiger charge is 2.50. The summed E-state index contributed by atoms with van der Waals surface area (Å²) in [4.78, 5) is 51.5. The molecule has 0 aromatic rings. The summed E-state index contributed by atoms with van der Waals surface area (Å²) in [6, 6.07) is 0. The Labute approximate surface area is 509 Å². The van der Waals surface area contributed by atoms with Gasteiger partial charge in [-0.05, 0) is 44.9 Å². The fourth-order valence-corrected chi connectivity index (χ4v) is 11.4. The number of aliphatic carboxylic acids is 1. The average Bonchev–Trinajstić information content (AvgIpc) is 3.59. The number of rotatable bonds is 63. The number of aliphatic hydroxyl groups excluding tert-OH is 2. The zero-order valence-corrected chi connectivity index (χ0v) is 54.2. The first-order chi connectivity index (χ1) is 40.6. The second-order valence-electron chi connectivity index (χ2n) is 24.9. The number of carboxylic acid groups (broad SMARTS) is 1. The van der Waals surface area contributed by atoms with Crippen LogP contribution in [0, 0.1) is 0 Å². The van der Waals surface area contributed by atoms with Crippen LogP contribution in [0.25, 0.3) is 0 Å². The van der Waals surface area contributed by atoms with E-state index in [1.54, 1.807) is 0 Å². The molecule has 12 nitrogen and oxygen atoms in total. The van der Waals surface area contributed by atoms with Gasteiger partial charge in [0.1, 0.15) is 18.8 Å². The Hall–Kier alpha value is -2.54. The second-order valence-corrected chi connectivity index (χ2v) is 24.9. The van der Waals surface area contributed by atoms with Gasteiger partial charge >= 0.3 is 23.9 Å². The van der Waals surface area contributed by atoms with E-state index >= 15 is 0 Å². The van der Waals surface area contributed by atoms with E-state index in [-0.39, 0.29) is 25.9 Å². The lowest BCUT2D eigenvalue weighted by atomic mass is 9.98. The molecule has 0 radical (unpaired) electrons. The number of hydrogen-bond donors (Lipinski definition) is 3. The van der Waals surface area contributed by atoms with E-state index in [1.807, 2.05) is 0 Å². The smallest absolute Gasteiger partial charge is 0.335 e. The third kappa shape index (κ3) is 49.2. The van der Waals surface area contributed by atoms with Gasteiger partial charge in [0, 0.05) is 19.3 Å². The van der Waals surface area contributed by atoms with Crippen molar-refractivity contribution in [3.63, 3.8) is 0 Å². The monoisotopic (exact) mass is 1180 g/mol. The van der Waals surface area contributed by atoms with Gasteiger partial charge in [-0.2, -0.15) is 0 Å². The maximum absolute atomic E-state index is 13.2. The SMILES string of the molecule is CCCCCCCC/C=C\CCCCCCCCCC(=O)OC(COC(=O)CCCCCCCCCCCCCCCCCCCCC)COC1OC(C(=O)O)C(O)C(O)C1OC(=O)CCCCCCCCCCCCCCCCCCC. The number of carbonyl (C=O) groups excluding carboxylic acids is 3. The van der Waals surface area contributed by atoms with E-state index in [1.165, 1.54) is 238 Å². The number of esters is 3. The first-order valence-electron chi connectivity index (χ1n) is 35.7. The molecule has 6 atom stereocenters. The van der Waals surface area contributed by atoms with Gasteiger partial charge in [0.2, 0.25) is 0 Å². The first kappa shape index (κ1) is 78.5. The minimum absolute atomic E-state index is 0.0691. The largest absolute Gasteiger partial charge is 0.479 e. The van der Waals surface area contributed by atoms with Crippen molar-refractivity contribution in [3.05, 3.63) is 12.2 Å². The second kappa shape index (κ2) is 59.8. The minimum Gasteiger partial charge on any atom is -0.479 e. The quantitative estimate of drug-likeness (QED) is 0.0228. The molecule has 0 saturated carbocycles. The van der Waals surface area contributed by atoms with Crippen LogP contribution in [0.3, 0.4) is 0 Å². The van der Waals surface area contributed by atoms with Crippen molar-refractivity contribution in [1.29, 1.82) is 0 Å². The highest BCUT2D eigenvalue weighted by molar-refractivity contribution is 5.74. The Morgan fingerprint density at radius 2 is 0.687 bits per heavy atom. The van der Waals surface area contributed by atoms with E-state index in [0.717, 1.165) is 70.6 Å². The lowest BCUT2D eigenvalue weighted by molar-refractivity contribution is -0.301.